The molecule has 0 N–H and O–H groups in total. The van der Waals surface area contributed by atoms with Crippen molar-refractivity contribution in [3.8, 4) is 11.5 Å². The van der Waals surface area contributed by atoms with Gasteiger partial charge in [0.25, 0.3) is 0 Å². The van der Waals surface area contributed by atoms with Crippen molar-refractivity contribution < 1.29 is 28.2 Å². The molecule has 5 nitrogen and oxygen atoms in total. The first-order chi connectivity index (χ1) is 11.0. The summed E-state index contributed by atoms with van der Waals surface area (Å²) in [7, 11) is 3.99. The Hall–Kier alpha value is -2.89. The topological polar surface area (TPSA) is 61.8 Å². The minimum atomic E-state index is -0.747. The monoisotopic (exact) mass is 318 g/mol. The molecule has 0 amide bonds. The lowest BCUT2D eigenvalue weighted by atomic mass is 10.0. The summed E-state index contributed by atoms with van der Waals surface area (Å²) in [6.07, 6.45) is 0. The Balaban J connectivity index is 2.42. The average Bonchev–Trinajstić information content (AvgIpc) is 2.59. The molecule has 2 rings (SSSR count). The molecule has 0 atom stereocenters. The van der Waals surface area contributed by atoms with Crippen LogP contribution in [0.15, 0.2) is 36.4 Å². The van der Waals surface area contributed by atoms with E-state index in [2.05, 4.69) is 4.74 Å². The van der Waals surface area contributed by atoms with E-state index in [-0.39, 0.29) is 22.6 Å². The molecule has 0 unspecified atom stereocenters. The van der Waals surface area contributed by atoms with Crippen molar-refractivity contribution in [2.24, 2.45) is 0 Å². The van der Waals surface area contributed by atoms with Gasteiger partial charge in [-0.05, 0) is 12.1 Å². The lowest BCUT2D eigenvalue weighted by molar-refractivity contribution is 0.0600. The molecule has 2 aromatic carbocycles. The predicted molar refractivity (Wildman–Crippen MR) is 80.7 cm³/mol. The van der Waals surface area contributed by atoms with Crippen molar-refractivity contribution in [2.45, 2.75) is 0 Å². The van der Waals surface area contributed by atoms with Crippen molar-refractivity contribution in [2.75, 3.05) is 21.3 Å². The lowest BCUT2D eigenvalue weighted by Gasteiger charge is -2.11. The fourth-order valence-corrected chi connectivity index (χ4v) is 2.08. The SMILES string of the molecule is COC(=O)c1ccc(C(=O)c2c(F)cc(OC)cc2OC)cc1. The Morgan fingerprint density at radius 3 is 2.04 bits per heavy atom. The van der Waals surface area contributed by atoms with Gasteiger partial charge in [-0.25, -0.2) is 9.18 Å². The van der Waals surface area contributed by atoms with Gasteiger partial charge in [-0.15, -0.1) is 0 Å². The van der Waals surface area contributed by atoms with E-state index in [1.165, 1.54) is 51.7 Å². The minimum absolute atomic E-state index is 0.0731. The standard InChI is InChI=1S/C17H15FO5/c1-21-12-8-13(18)15(14(9-12)22-2)16(19)10-4-6-11(7-5-10)17(20)23-3/h4-9H,1-3H3. The number of carbonyl (C=O) groups is 2. The number of ether oxygens (including phenoxy) is 3. The van der Waals surface area contributed by atoms with Crippen molar-refractivity contribution in [1.82, 2.24) is 0 Å². The van der Waals surface area contributed by atoms with Crippen molar-refractivity contribution in [3.05, 3.63) is 58.9 Å². The third-order valence-corrected chi connectivity index (χ3v) is 3.28. The molecule has 0 aliphatic heterocycles. The van der Waals surface area contributed by atoms with Crippen LogP contribution in [0.5, 0.6) is 11.5 Å². The minimum Gasteiger partial charge on any atom is -0.497 e. The van der Waals surface area contributed by atoms with Crippen molar-refractivity contribution in [1.29, 1.82) is 0 Å². The summed E-state index contributed by atoms with van der Waals surface area (Å²) in [5, 5.41) is 0. The molecule has 0 saturated carbocycles. The van der Waals surface area contributed by atoms with E-state index >= 15 is 0 Å². The second kappa shape index (κ2) is 6.91. The Bertz CT molecular complexity index is 737. The second-order valence-electron chi connectivity index (χ2n) is 4.58. The summed E-state index contributed by atoms with van der Waals surface area (Å²) in [6.45, 7) is 0. The first kappa shape index (κ1) is 16.5. The normalized spacial score (nSPS) is 10.1. The van der Waals surface area contributed by atoms with Crippen LogP contribution in [0.2, 0.25) is 0 Å². The summed E-state index contributed by atoms with van der Waals surface area (Å²) in [4.78, 5) is 23.9. The molecule has 0 heterocycles. The third kappa shape index (κ3) is 3.31. The highest BCUT2D eigenvalue weighted by Gasteiger charge is 2.21. The summed E-state index contributed by atoms with van der Waals surface area (Å²) >= 11 is 0. The van der Waals surface area contributed by atoms with Crippen LogP contribution >= 0.6 is 0 Å². The van der Waals surface area contributed by atoms with Gasteiger partial charge in [0.1, 0.15) is 22.9 Å². The van der Waals surface area contributed by atoms with Gasteiger partial charge < -0.3 is 14.2 Å². The quantitative estimate of drug-likeness (QED) is 0.626. The maximum Gasteiger partial charge on any atom is 0.337 e. The highest BCUT2D eigenvalue weighted by atomic mass is 19.1. The van der Waals surface area contributed by atoms with Gasteiger partial charge in [0.2, 0.25) is 0 Å². The van der Waals surface area contributed by atoms with Crippen LogP contribution in [0.3, 0.4) is 0 Å². The molecular formula is C17H15FO5. The van der Waals surface area contributed by atoms with Gasteiger partial charge in [-0.3, -0.25) is 4.79 Å². The van der Waals surface area contributed by atoms with E-state index in [1.807, 2.05) is 0 Å². The summed E-state index contributed by atoms with van der Waals surface area (Å²) < 4.78 is 28.8. The van der Waals surface area contributed by atoms with Gasteiger partial charge in [0.05, 0.1) is 26.9 Å². The van der Waals surface area contributed by atoms with Crippen LogP contribution in [0.25, 0.3) is 0 Å². The number of ketones is 1. The number of benzene rings is 2. The van der Waals surface area contributed by atoms with Gasteiger partial charge >= 0.3 is 5.97 Å². The van der Waals surface area contributed by atoms with Crippen LogP contribution in [0, 0.1) is 5.82 Å². The fraction of sp³-hybridized carbons (Fsp3) is 0.176. The van der Waals surface area contributed by atoms with Crippen LogP contribution in [0.1, 0.15) is 26.3 Å². The lowest BCUT2D eigenvalue weighted by Crippen LogP contribution is -2.08. The molecule has 0 aliphatic rings. The van der Waals surface area contributed by atoms with E-state index in [9.17, 15) is 14.0 Å². The van der Waals surface area contributed by atoms with Crippen LogP contribution in [-0.2, 0) is 4.74 Å². The number of methoxy groups -OCH3 is 3. The molecule has 0 saturated heterocycles. The molecule has 0 radical (unpaired) electrons. The molecule has 0 aromatic heterocycles. The Morgan fingerprint density at radius 1 is 0.913 bits per heavy atom. The Labute approximate surface area is 132 Å². The highest BCUT2D eigenvalue weighted by molar-refractivity contribution is 6.11. The Morgan fingerprint density at radius 2 is 1.52 bits per heavy atom. The summed E-state index contributed by atoms with van der Waals surface area (Å²) in [5.41, 5.74) is 0.324. The molecule has 6 heteroatoms. The number of halogens is 1. The van der Waals surface area contributed by atoms with E-state index in [0.29, 0.717) is 5.56 Å². The molecular weight excluding hydrogens is 303 g/mol. The molecule has 0 fully saturated rings. The highest BCUT2D eigenvalue weighted by Crippen LogP contribution is 2.29. The molecule has 2 aromatic rings. The first-order valence-corrected chi connectivity index (χ1v) is 6.66. The van der Waals surface area contributed by atoms with Gasteiger partial charge in [-0.1, -0.05) is 12.1 Å². The summed E-state index contributed by atoms with van der Waals surface area (Å²) in [6, 6.07) is 8.27. The maximum atomic E-state index is 14.2. The smallest absolute Gasteiger partial charge is 0.337 e. The maximum absolute atomic E-state index is 14.2. The zero-order valence-corrected chi connectivity index (χ0v) is 12.9. The third-order valence-electron chi connectivity index (χ3n) is 3.28. The zero-order chi connectivity index (χ0) is 17.0. The van der Waals surface area contributed by atoms with Gasteiger partial charge in [0.15, 0.2) is 5.78 Å². The molecule has 23 heavy (non-hydrogen) atoms. The molecule has 120 valence electrons. The second-order valence-corrected chi connectivity index (χ2v) is 4.58. The van der Waals surface area contributed by atoms with E-state index in [0.717, 1.165) is 6.07 Å². The number of esters is 1. The summed E-state index contributed by atoms with van der Waals surface area (Å²) in [5.74, 6) is -1.50. The molecule has 0 spiro atoms. The van der Waals surface area contributed by atoms with Gasteiger partial charge in [0, 0.05) is 17.7 Å². The predicted octanol–water partition coefficient (Wildman–Crippen LogP) is 2.86. The zero-order valence-electron chi connectivity index (χ0n) is 12.9. The van der Waals surface area contributed by atoms with E-state index in [1.54, 1.807) is 0 Å². The van der Waals surface area contributed by atoms with Crippen molar-refractivity contribution in [3.63, 3.8) is 0 Å². The number of carbonyl (C=O) groups excluding carboxylic acids is 2. The Kier molecular flexibility index (Phi) is 4.95. The number of hydrogen-bond acceptors (Lipinski definition) is 5. The molecule has 0 bridgehead atoms. The van der Waals surface area contributed by atoms with Crippen LogP contribution in [-0.4, -0.2) is 33.1 Å². The van der Waals surface area contributed by atoms with E-state index < -0.39 is 17.6 Å². The molecule has 0 aliphatic carbocycles. The van der Waals surface area contributed by atoms with E-state index in [4.69, 9.17) is 9.47 Å². The van der Waals surface area contributed by atoms with Crippen LogP contribution in [0.4, 0.5) is 4.39 Å². The average molecular weight is 318 g/mol. The number of hydrogen-bond donors (Lipinski definition) is 0. The van der Waals surface area contributed by atoms with Crippen molar-refractivity contribution >= 4 is 11.8 Å². The van der Waals surface area contributed by atoms with Gasteiger partial charge in [-0.2, -0.15) is 0 Å². The fourth-order valence-electron chi connectivity index (χ4n) is 2.08. The van der Waals surface area contributed by atoms with Crippen LogP contribution < -0.4 is 9.47 Å². The largest absolute Gasteiger partial charge is 0.497 e. The number of rotatable bonds is 5. The first-order valence-electron chi connectivity index (χ1n) is 6.66.